The van der Waals surface area contributed by atoms with E-state index in [4.69, 9.17) is 10.4 Å². The summed E-state index contributed by atoms with van der Waals surface area (Å²) in [7, 11) is 0. The monoisotopic (exact) mass is 754 g/mol. The molecule has 0 heterocycles. The summed E-state index contributed by atoms with van der Waals surface area (Å²) < 4.78 is 0. The number of amidine groups is 1. The van der Waals surface area contributed by atoms with Crippen molar-refractivity contribution in [2.24, 2.45) is 4.99 Å². The number of rotatable bonds is 7. The topological polar surface area (TPSA) is 36.2 Å². The fraction of sp³-hybridized carbons (Fsp3) is 0.0526. The molecule has 1 N–H and O–H groups in total. The molecule has 0 saturated carbocycles. The van der Waals surface area contributed by atoms with Crippen molar-refractivity contribution >= 4 is 39.2 Å². The molecule has 0 spiro atoms. The van der Waals surface area contributed by atoms with Crippen molar-refractivity contribution in [2.75, 3.05) is 0 Å². The molecule has 9 aromatic rings. The van der Waals surface area contributed by atoms with Crippen LogP contribution in [0.5, 0.6) is 0 Å². The summed E-state index contributed by atoms with van der Waals surface area (Å²) >= 11 is 0. The maximum absolute atomic E-state index is 9.06. The molecule has 0 aromatic heterocycles. The molecule has 0 atom stereocenters. The molecule has 0 unspecified atom stereocenters. The molecule has 1 aliphatic carbocycles. The Morgan fingerprint density at radius 3 is 1.90 bits per heavy atom. The van der Waals surface area contributed by atoms with Crippen molar-refractivity contribution in [3.63, 3.8) is 0 Å². The molecule has 0 aliphatic heterocycles. The van der Waals surface area contributed by atoms with Gasteiger partial charge in [-0.25, -0.2) is 4.99 Å². The zero-order chi connectivity index (χ0) is 39.9. The summed E-state index contributed by atoms with van der Waals surface area (Å²) in [5, 5.41) is 13.8. The third kappa shape index (κ3) is 6.49. The molecular weight excluding hydrogens is 713 g/mol. The first kappa shape index (κ1) is 36.0. The van der Waals surface area contributed by atoms with E-state index in [1.165, 1.54) is 60.7 Å². The number of fused-ring (bicyclic) bond motifs is 5. The van der Waals surface area contributed by atoms with Gasteiger partial charge in [-0.1, -0.05) is 214 Å². The lowest BCUT2D eigenvalue weighted by molar-refractivity contribution is 0.662. The Kier molecular flexibility index (Phi) is 9.03. The lowest BCUT2D eigenvalue weighted by Crippen LogP contribution is -2.16. The van der Waals surface area contributed by atoms with Gasteiger partial charge in [-0.2, -0.15) is 0 Å². The lowest BCUT2D eigenvalue weighted by Gasteiger charge is -2.24. The molecule has 0 saturated heterocycles. The van der Waals surface area contributed by atoms with Crippen LogP contribution in [0.4, 0.5) is 0 Å². The SMILES string of the molecule is CC1(C)c2ccccc2-c2cccc(-c3ccc(-c4ccc(/C=C/C(=NC(=N)c5ccccc5)c5ccccc5-c5ccc6ccccc6c5)c5ccccc45)cc3)c21. The number of benzene rings is 9. The predicted molar refractivity (Wildman–Crippen MR) is 251 cm³/mol. The van der Waals surface area contributed by atoms with Gasteiger partial charge in [0.15, 0.2) is 5.84 Å². The molecule has 280 valence electrons. The van der Waals surface area contributed by atoms with Gasteiger partial charge in [0.25, 0.3) is 0 Å². The quantitative estimate of drug-likeness (QED) is 0.124. The standard InChI is InChI=1S/C57H42N2/c1-57(2)53-26-13-12-22-50(53)52-25-14-24-48(55(52)57)41-30-28-39(29-31-41)47-35-33-40(45-19-8-10-21-49(45)47)34-36-54(59-56(58)42-16-4-3-5-17-42)51-23-11-9-20-46(51)44-32-27-38-15-6-7-18-43(38)37-44/h3-37,58H,1-2H3/b36-34+,58-56?,59-54?. The van der Waals surface area contributed by atoms with Crippen molar-refractivity contribution in [3.8, 4) is 44.5 Å². The van der Waals surface area contributed by atoms with Crippen molar-refractivity contribution in [2.45, 2.75) is 19.3 Å². The number of nitrogens with zero attached hydrogens (tertiary/aromatic N) is 1. The van der Waals surface area contributed by atoms with Crippen LogP contribution in [-0.2, 0) is 5.41 Å². The summed E-state index contributed by atoms with van der Waals surface area (Å²) in [5.74, 6) is 0.218. The molecule has 59 heavy (non-hydrogen) atoms. The molecular formula is C57H42N2. The summed E-state index contributed by atoms with van der Waals surface area (Å²) in [6, 6.07) is 70.9. The maximum Gasteiger partial charge on any atom is 0.152 e. The maximum atomic E-state index is 9.06. The zero-order valence-corrected chi connectivity index (χ0v) is 33.2. The minimum Gasteiger partial charge on any atom is -0.282 e. The van der Waals surface area contributed by atoms with E-state index < -0.39 is 0 Å². The van der Waals surface area contributed by atoms with Crippen LogP contribution in [0.15, 0.2) is 211 Å². The van der Waals surface area contributed by atoms with Crippen LogP contribution in [0.3, 0.4) is 0 Å². The second kappa shape index (κ2) is 14.8. The Morgan fingerprint density at radius 1 is 0.475 bits per heavy atom. The first-order chi connectivity index (χ1) is 28.9. The fourth-order valence-electron chi connectivity index (χ4n) is 9.09. The van der Waals surface area contributed by atoms with Crippen LogP contribution in [0.2, 0.25) is 0 Å². The van der Waals surface area contributed by atoms with Crippen LogP contribution in [0.1, 0.15) is 41.7 Å². The molecule has 0 bridgehead atoms. The Balaban J connectivity index is 1.03. The minimum absolute atomic E-state index is 0.0777. The van der Waals surface area contributed by atoms with E-state index >= 15 is 0 Å². The summed E-state index contributed by atoms with van der Waals surface area (Å²) in [4.78, 5) is 5.01. The number of hydrogen-bond donors (Lipinski definition) is 1. The highest BCUT2D eigenvalue weighted by Gasteiger charge is 2.37. The molecule has 10 rings (SSSR count). The third-order valence-corrected chi connectivity index (χ3v) is 12.0. The highest BCUT2D eigenvalue weighted by molar-refractivity contribution is 6.20. The van der Waals surface area contributed by atoms with E-state index in [1.54, 1.807) is 0 Å². The van der Waals surface area contributed by atoms with E-state index in [1.807, 2.05) is 30.3 Å². The summed E-state index contributed by atoms with van der Waals surface area (Å²) in [6.45, 7) is 4.70. The molecule has 1 aliphatic rings. The van der Waals surface area contributed by atoms with Crippen molar-refractivity contribution < 1.29 is 0 Å². The Bertz CT molecular complexity index is 3130. The lowest BCUT2D eigenvalue weighted by atomic mass is 9.79. The molecule has 2 nitrogen and oxygen atoms in total. The first-order valence-corrected chi connectivity index (χ1v) is 20.3. The molecule has 0 radical (unpaired) electrons. The van der Waals surface area contributed by atoms with Gasteiger partial charge in [0.2, 0.25) is 0 Å². The normalized spacial score (nSPS) is 13.2. The van der Waals surface area contributed by atoms with E-state index in [0.717, 1.165) is 38.9 Å². The van der Waals surface area contributed by atoms with Crippen LogP contribution in [0, 0.1) is 5.41 Å². The Hall–Kier alpha value is -7.42. The summed E-state index contributed by atoms with van der Waals surface area (Å²) in [6.07, 6.45) is 4.23. The van der Waals surface area contributed by atoms with Gasteiger partial charge in [-0.3, -0.25) is 5.41 Å². The third-order valence-electron chi connectivity index (χ3n) is 12.0. The largest absolute Gasteiger partial charge is 0.282 e. The van der Waals surface area contributed by atoms with Gasteiger partial charge in [0.1, 0.15) is 0 Å². The number of allylic oxidation sites excluding steroid dienone is 1. The second-order valence-electron chi connectivity index (χ2n) is 15.9. The van der Waals surface area contributed by atoms with Gasteiger partial charge in [0.05, 0.1) is 5.71 Å². The smallest absolute Gasteiger partial charge is 0.152 e. The van der Waals surface area contributed by atoms with Crippen LogP contribution in [0.25, 0.3) is 72.1 Å². The van der Waals surface area contributed by atoms with Crippen LogP contribution in [-0.4, -0.2) is 11.5 Å². The van der Waals surface area contributed by atoms with Crippen LogP contribution >= 0.6 is 0 Å². The second-order valence-corrected chi connectivity index (χ2v) is 15.9. The van der Waals surface area contributed by atoms with Gasteiger partial charge in [-0.05, 0) is 94.9 Å². The fourth-order valence-corrected chi connectivity index (χ4v) is 9.09. The van der Waals surface area contributed by atoms with Gasteiger partial charge in [0, 0.05) is 16.5 Å². The van der Waals surface area contributed by atoms with Gasteiger partial charge in [-0.15, -0.1) is 0 Å². The van der Waals surface area contributed by atoms with E-state index in [0.29, 0.717) is 0 Å². The van der Waals surface area contributed by atoms with E-state index in [2.05, 4.69) is 196 Å². The summed E-state index contributed by atoms with van der Waals surface area (Å²) in [5.41, 5.74) is 16.0. The highest BCUT2D eigenvalue weighted by atomic mass is 14.8. The van der Waals surface area contributed by atoms with Gasteiger partial charge >= 0.3 is 0 Å². The molecule has 0 fully saturated rings. The van der Waals surface area contributed by atoms with E-state index in [-0.39, 0.29) is 11.3 Å². The predicted octanol–water partition coefficient (Wildman–Crippen LogP) is 14.8. The Morgan fingerprint density at radius 2 is 1.08 bits per heavy atom. The average molecular weight is 755 g/mol. The van der Waals surface area contributed by atoms with Gasteiger partial charge < -0.3 is 0 Å². The average Bonchev–Trinajstić information content (AvgIpc) is 3.53. The number of nitrogens with one attached hydrogen (secondary N) is 1. The molecule has 9 aromatic carbocycles. The number of hydrogen-bond acceptors (Lipinski definition) is 1. The van der Waals surface area contributed by atoms with Crippen molar-refractivity contribution in [1.29, 1.82) is 5.41 Å². The molecule has 0 amide bonds. The number of aliphatic imine (C=N–C) groups is 1. The molecule has 2 heteroatoms. The van der Waals surface area contributed by atoms with E-state index in [9.17, 15) is 0 Å². The van der Waals surface area contributed by atoms with Crippen LogP contribution < -0.4 is 0 Å². The Labute approximate surface area is 346 Å². The minimum atomic E-state index is -0.0777. The van der Waals surface area contributed by atoms with Crippen molar-refractivity contribution in [3.05, 3.63) is 234 Å². The first-order valence-electron chi connectivity index (χ1n) is 20.3. The van der Waals surface area contributed by atoms with Crippen molar-refractivity contribution in [1.82, 2.24) is 0 Å². The zero-order valence-electron chi connectivity index (χ0n) is 33.2. The highest BCUT2D eigenvalue weighted by Crippen LogP contribution is 2.52.